The summed E-state index contributed by atoms with van der Waals surface area (Å²) in [6.45, 7) is 7.00. The standard InChI is InChI=1S/C16H20N4O2/c1-5-11-6-7-17-18-14(11)19-9-13-8-12(19)10-20(13)15(21)22-16(2,3)4/h1,6-7,12-13H,8-10H2,2-4H3/t12-,13-/m0/s1. The molecule has 1 amide bonds. The molecule has 3 rings (SSSR count). The average molecular weight is 300 g/mol. The second-order valence-electron chi connectivity index (χ2n) is 6.74. The Kier molecular flexibility index (Phi) is 3.44. The topological polar surface area (TPSA) is 58.6 Å². The summed E-state index contributed by atoms with van der Waals surface area (Å²) in [6, 6.07) is 2.16. The van der Waals surface area contributed by atoms with Crippen molar-refractivity contribution in [2.75, 3.05) is 18.0 Å². The van der Waals surface area contributed by atoms with Gasteiger partial charge >= 0.3 is 6.09 Å². The number of terminal acetylenes is 1. The van der Waals surface area contributed by atoms with Crippen molar-refractivity contribution < 1.29 is 9.53 Å². The van der Waals surface area contributed by atoms with Crippen molar-refractivity contribution in [1.82, 2.24) is 15.1 Å². The second kappa shape index (κ2) is 5.16. The third-order valence-corrected chi connectivity index (χ3v) is 4.00. The first-order chi connectivity index (χ1) is 10.4. The van der Waals surface area contributed by atoms with Gasteiger partial charge in [-0.15, -0.1) is 11.5 Å². The predicted octanol–water partition coefficient (Wildman–Crippen LogP) is 1.66. The highest BCUT2D eigenvalue weighted by Crippen LogP contribution is 2.35. The molecule has 1 aromatic rings. The minimum Gasteiger partial charge on any atom is -0.444 e. The molecule has 0 aliphatic carbocycles. The molecule has 6 heteroatoms. The first kappa shape index (κ1) is 14.6. The number of hydrogen-bond donors (Lipinski definition) is 0. The van der Waals surface area contributed by atoms with Gasteiger partial charge in [-0.3, -0.25) is 0 Å². The molecule has 0 spiro atoms. The van der Waals surface area contributed by atoms with Crippen LogP contribution in [0.1, 0.15) is 32.8 Å². The highest BCUT2D eigenvalue weighted by Gasteiger charge is 2.47. The van der Waals surface area contributed by atoms with E-state index in [0.717, 1.165) is 24.3 Å². The van der Waals surface area contributed by atoms with Crippen molar-refractivity contribution in [1.29, 1.82) is 0 Å². The summed E-state index contributed by atoms with van der Waals surface area (Å²) in [5.41, 5.74) is 0.270. The normalized spacial score (nSPS) is 23.5. The van der Waals surface area contributed by atoms with Crippen LogP contribution in [0.5, 0.6) is 0 Å². The fourth-order valence-electron chi connectivity index (χ4n) is 3.12. The van der Waals surface area contributed by atoms with E-state index in [0.29, 0.717) is 6.54 Å². The molecule has 2 aliphatic heterocycles. The van der Waals surface area contributed by atoms with Gasteiger partial charge in [-0.1, -0.05) is 5.92 Å². The smallest absolute Gasteiger partial charge is 0.410 e. The minimum absolute atomic E-state index is 0.146. The van der Waals surface area contributed by atoms with Crippen molar-refractivity contribution in [3.8, 4) is 12.3 Å². The summed E-state index contributed by atoms with van der Waals surface area (Å²) in [7, 11) is 0. The first-order valence-electron chi connectivity index (χ1n) is 7.43. The SMILES string of the molecule is C#Cc1ccnnc1N1C[C@@H]2C[C@H]1CN2C(=O)OC(C)(C)C. The van der Waals surface area contributed by atoms with Gasteiger partial charge < -0.3 is 14.5 Å². The average Bonchev–Trinajstić information content (AvgIpc) is 3.05. The Morgan fingerprint density at radius 1 is 1.41 bits per heavy atom. The van der Waals surface area contributed by atoms with Crippen molar-refractivity contribution >= 4 is 11.9 Å². The van der Waals surface area contributed by atoms with Crippen LogP contribution < -0.4 is 4.90 Å². The van der Waals surface area contributed by atoms with Crippen LogP contribution in [0.3, 0.4) is 0 Å². The fourth-order valence-corrected chi connectivity index (χ4v) is 3.12. The van der Waals surface area contributed by atoms with Crippen LogP contribution in [-0.4, -0.2) is 52.0 Å². The Labute approximate surface area is 130 Å². The molecule has 2 bridgehead atoms. The van der Waals surface area contributed by atoms with E-state index >= 15 is 0 Å². The fraction of sp³-hybridized carbons (Fsp3) is 0.562. The maximum absolute atomic E-state index is 12.2. The maximum atomic E-state index is 12.2. The zero-order valence-electron chi connectivity index (χ0n) is 13.1. The van der Waals surface area contributed by atoms with E-state index in [2.05, 4.69) is 21.0 Å². The quantitative estimate of drug-likeness (QED) is 0.738. The van der Waals surface area contributed by atoms with E-state index in [9.17, 15) is 4.79 Å². The summed E-state index contributed by atoms with van der Waals surface area (Å²) in [5.74, 6) is 3.38. The number of hydrogen-bond acceptors (Lipinski definition) is 5. The molecule has 3 heterocycles. The van der Waals surface area contributed by atoms with Crippen LogP contribution >= 0.6 is 0 Å². The molecule has 0 N–H and O–H groups in total. The monoisotopic (exact) mass is 300 g/mol. The lowest BCUT2D eigenvalue weighted by molar-refractivity contribution is 0.0214. The number of piperazine rings is 1. The van der Waals surface area contributed by atoms with Crippen molar-refractivity contribution in [3.05, 3.63) is 17.8 Å². The third kappa shape index (κ3) is 2.59. The van der Waals surface area contributed by atoms with Gasteiger partial charge in [0.25, 0.3) is 0 Å². The summed E-state index contributed by atoms with van der Waals surface area (Å²) in [4.78, 5) is 16.2. The van der Waals surface area contributed by atoms with Crippen molar-refractivity contribution in [3.63, 3.8) is 0 Å². The summed E-state index contributed by atoms with van der Waals surface area (Å²) >= 11 is 0. The van der Waals surface area contributed by atoms with Gasteiger partial charge in [0.2, 0.25) is 0 Å². The molecular weight excluding hydrogens is 280 g/mol. The maximum Gasteiger partial charge on any atom is 0.410 e. The molecule has 0 radical (unpaired) electrons. The number of nitrogens with zero attached hydrogens (tertiary/aromatic N) is 4. The van der Waals surface area contributed by atoms with E-state index in [4.69, 9.17) is 11.2 Å². The van der Waals surface area contributed by atoms with E-state index in [1.54, 1.807) is 12.3 Å². The zero-order valence-corrected chi connectivity index (χ0v) is 13.1. The second-order valence-corrected chi connectivity index (χ2v) is 6.74. The Balaban J connectivity index is 1.73. The van der Waals surface area contributed by atoms with Crippen LogP contribution in [0.2, 0.25) is 0 Å². The van der Waals surface area contributed by atoms with Gasteiger partial charge in [-0.05, 0) is 33.3 Å². The third-order valence-electron chi connectivity index (χ3n) is 4.00. The highest BCUT2D eigenvalue weighted by atomic mass is 16.6. The Morgan fingerprint density at radius 2 is 2.18 bits per heavy atom. The van der Waals surface area contributed by atoms with E-state index < -0.39 is 5.60 Å². The molecule has 2 aliphatic rings. The Morgan fingerprint density at radius 3 is 2.77 bits per heavy atom. The summed E-state index contributed by atoms with van der Waals surface area (Å²) in [6.07, 6.45) is 7.81. The van der Waals surface area contributed by atoms with Crippen LogP contribution in [0.25, 0.3) is 0 Å². The molecule has 0 aromatic carbocycles. The van der Waals surface area contributed by atoms with Gasteiger partial charge in [0.1, 0.15) is 5.60 Å². The van der Waals surface area contributed by atoms with Crippen molar-refractivity contribution in [2.45, 2.75) is 44.9 Å². The molecule has 22 heavy (non-hydrogen) atoms. The Hall–Kier alpha value is -2.29. The molecular formula is C16H20N4O2. The molecule has 2 atom stereocenters. The number of aromatic nitrogens is 2. The number of ether oxygens (including phenoxy) is 1. The molecule has 1 aromatic heterocycles. The minimum atomic E-state index is -0.472. The molecule has 2 saturated heterocycles. The van der Waals surface area contributed by atoms with E-state index in [1.165, 1.54) is 0 Å². The first-order valence-corrected chi connectivity index (χ1v) is 7.43. The van der Waals surface area contributed by atoms with Crippen molar-refractivity contribution in [2.24, 2.45) is 0 Å². The number of amides is 1. The zero-order chi connectivity index (χ0) is 15.9. The lowest BCUT2D eigenvalue weighted by Gasteiger charge is -2.35. The van der Waals surface area contributed by atoms with Crippen LogP contribution in [0.4, 0.5) is 10.6 Å². The highest BCUT2D eigenvalue weighted by molar-refractivity contribution is 5.70. The largest absolute Gasteiger partial charge is 0.444 e. The molecule has 0 unspecified atom stereocenters. The molecule has 116 valence electrons. The molecule has 6 nitrogen and oxygen atoms in total. The Bertz CT molecular complexity index is 632. The lowest BCUT2D eigenvalue weighted by atomic mass is 10.2. The number of carbonyl (C=O) groups excluding carboxylic acids is 1. The summed E-state index contributed by atoms with van der Waals surface area (Å²) in [5, 5.41) is 8.11. The van der Waals surface area contributed by atoms with E-state index in [-0.39, 0.29) is 18.2 Å². The summed E-state index contributed by atoms with van der Waals surface area (Å²) < 4.78 is 5.47. The van der Waals surface area contributed by atoms with Crippen LogP contribution in [0, 0.1) is 12.3 Å². The number of likely N-dealkylation sites (tertiary alicyclic amines) is 1. The van der Waals surface area contributed by atoms with Gasteiger partial charge in [0.05, 0.1) is 23.8 Å². The number of fused-ring (bicyclic) bond motifs is 2. The van der Waals surface area contributed by atoms with Crippen LogP contribution in [-0.2, 0) is 4.74 Å². The number of rotatable bonds is 1. The number of carbonyl (C=O) groups is 1. The van der Waals surface area contributed by atoms with Gasteiger partial charge in [0, 0.05) is 13.1 Å². The molecule has 2 fully saturated rings. The van der Waals surface area contributed by atoms with Gasteiger partial charge in [0.15, 0.2) is 5.82 Å². The van der Waals surface area contributed by atoms with Gasteiger partial charge in [-0.2, -0.15) is 5.10 Å². The lowest BCUT2D eigenvalue weighted by Crippen LogP contribution is -2.50. The molecule has 0 saturated carbocycles. The number of anilines is 1. The van der Waals surface area contributed by atoms with Crippen LogP contribution in [0.15, 0.2) is 12.3 Å². The van der Waals surface area contributed by atoms with E-state index in [1.807, 2.05) is 25.7 Å². The van der Waals surface area contributed by atoms with Gasteiger partial charge in [-0.25, -0.2) is 4.79 Å². The predicted molar refractivity (Wildman–Crippen MR) is 82.4 cm³/mol.